The first-order valence-corrected chi connectivity index (χ1v) is 16.2. The summed E-state index contributed by atoms with van der Waals surface area (Å²) >= 11 is 4.22. The number of urea groups is 1. The van der Waals surface area contributed by atoms with Gasteiger partial charge >= 0.3 is 12.0 Å². The van der Waals surface area contributed by atoms with Crippen LogP contribution in [0.1, 0.15) is 46.0 Å². The normalized spacial score (nSPS) is 21.9. The first-order chi connectivity index (χ1) is 22.2. The van der Waals surface area contributed by atoms with Gasteiger partial charge in [0.25, 0.3) is 5.91 Å². The number of carbonyl (C=O) groups is 7. The second kappa shape index (κ2) is 17.1. The molecule has 7 amide bonds. The van der Waals surface area contributed by atoms with E-state index in [1.54, 1.807) is 0 Å². The molecular formula is C28H46N10O8S. The predicted octanol–water partition coefficient (Wildman–Crippen LogP) is -3.39. The SMILES string of the molecule is CC(C)CC(C(=O)N[C@H](CCCN=C(N)N)C(=O)NC1CCOC1=O)N1CCN(C(=O)C(CS)N2C(=O)N[C@H](CC(N)=O)C2=O)CC1. The third-order valence-corrected chi connectivity index (χ3v) is 8.47. The van der Waals surface area contributed by atoms with Crippen LogP contribution in [0, 0.1) is 5.92 Å². The number of hydrogen-bond acceptors (Lipinski definition) is 11. The van der Waals surface area contributed by atoms with Gasteiger partial charge in [0.2, 0.25) is 23.6 Å². The minimum atomic E-state index is -1.19. The Morgan fingerprint density at radius 1 is 1.04 bits per heavy atom. The van der Waals surface area contributed by atoms with Crippen LogP contribution in [-0.2, 0) is 33.5 Å². The zero-order valence-electron chi connectivity index (χ0n) is 26.7. The molecule has 3 heterocycles. The molecule has 3 fully saturated rings. The third kappa shape index (κ3) is 10.2. The van der Waals surface area contributed by atoms with Gasteiger partial charge in [0.15, 0.2) is 5.96 Å². The molecule has 3 aliphatic heterocycles. The third-order valence-electron chi connectivity index (χ3n) is 8.12. The summed E-state index contributed by atoms with van der Waals surface area (Å²) in [5, 5.41) is 7.90. The fourth-order valence-corrected chi connectivity index (χ4v) is 6.05. The van der Waals surface area contributed by atoms with Gasteiger partial charge < -0.3 is 42.8 Å². The minimum Gasteiger partial charge on any atom is -0.464 e. The summed E-state index contributed by atoms with van der Waals surface area (Å²) in [6, 6.07) is -5.55. The number of amides is 7. The van der Waals surface area contributed by atoms with E-state index in [0.29, 0.717) is 32.4 Å². The maximum Gasteiger partial charge on any atom is 0.328 e. The maximum absolute atomic E-state index is 13.8. The van der Waals surface area contributed by atoms with Crippen LogP contribution < -0.4 is 33.2 Å². The monoisotopic (exact) mass is 682 g/mol. The molecule has 0 aromatic carbocycles. The molecule has 47 heavy (non-hydrogen) atoms. The van der Waals surface area contributed by atoms with E-state index in [0.717, 1.165) is 4.90 Å². The Labute approximate surface area is 278 Å². The van der Waals surface area contributed by atoms with Crippen LogP contribution in [-0.4, -0.2) is 137 Å². The molecule has 0 bridgehead atoms. The summed E-state index contributed by atoms with van der Waals surface area (Å²) in [6.45, 7) is 5.37. The van der Waals surface area contributed by atoms with Gasteiger partial charge in [-0.05, 0) is 25.2 Å². The highest BCUT2D eigenvalue weighted by Crippen LogP contribution is 2.20. The van der Waals surface area contributed by atoms with Crippen LogP contribution >= 0.6 is 12.6 Å². The molecule has 9 N–H and O–H groups in total. The molecular weight excluding hydrogens is 636 g/mol. The van der Waals surface area contributed by atoms with E-state index in [1.165, 1.54) is 4.90 Å². The number of aliphatic imine (C=N–C) groups is 1. The van der Waals surface area contributed by atoms with Crippen molar-refractivity contribution >= 4 is 60.1 Å². The minimum absolute atomic E-state index is 0.0957. The topological polar surface area (TPSA) is 265 Å². The number of nitrogens with zero attached hydrogens (tertiary/aromatic N) is 4. The highest BCUT2D eigenvalue weighted by molar-refractivity contribution is 7.80. The Morgan fingerprint density at radius 2 is 1.72 bits per heavy atom. The van der Waals surface area contributed by atoms with Crippen molar-refractivity contribution in [3.63, 3.8) is 0 Å². The van der Waals surface area contributed by atoms with Gasteiger partial charge in [-0.1, -0.05) is 13.8 Å². The Hall–Kier alpha value is -4.13. The molecule has 0 aromatic rings. The number of primary amides is 1. The Kier molecular flexibility index (Phi) is 13.6. The summed E-state index contributed by atoms with van der Waals surface area (Å²) in [5.74, 6) is -3.56. The number of nitrogens with one attached hydrogen (secondary N) is 3. The summed E-state index contributed by atoms with van der Waals surface area (Å²) in [5.41, 5.74) is 16.0. The molecule has 0 spiro atoms. The molecule has 18 nitrogen and oxygen atoms in total. The van der Waals surface area contributed by atoms with Crippen LogP contribution in [0.25, 0.3) is 0 Å². The van der Waals surface area contributed by atoms with E-state index in [2.05, 4.69) is 33.6 Å². The van der Waals surface area contributed by atoms with Crippen molar-refractivity contribution in [2.24, 2.45) is 28.1 Å². The zero-order valence-corrected chi connectivity index (χ0v) is 27.6. The summed E-state index contributed by atoms with van der Waals surface area (Å²) in [6.07, 6.45) is 0.991. The van der Waals surface area contributed by atoms with E-state index >= 15 is 0 Å². The molecule has 0 radical (unpaired) electrons. The highest BCUT2D eigenvalue weighted by atomic mass is 32.1. The lowest BCUT2D eigenvalue weighted by molar-refractivity contribution is -0.143. The van der Waals surface area contributed by atoms with Crippen LogP contribution in [0.3, 0.4) is 0 Å². The average molecular weight is 683 g/mol. The molecule has 19 heteroatoms. The number of piperazine rings is 1. The first-order valence-electron chi connectivity index (χ1n) is 15.6. The van der Waals surface area contributed by atoms with Gasteiger partial charge in [-0.25, -0.2) is 14.5 Å². The molecule has 5 atom stereocenters. The lowest BCUT2D eigenvalue weighted by Crippen LogP contribution is -2.61. The van der Waals surface area contributed by atoms with E-state index in [4.69, 9.17) is 21.9 Å². The lowest BCUT2D eigenvalue weighted by Gasteiger charge is -2.41. The van der Waals surface area contributed by atoms with Gasteiger partial charge in [0.1, 0.15) is 24.2 Å². The number of carbonyl (C=O) groups excluding carboxylic acids is 7. The number of imide groups is 1. The van der Waals surface area contributed by atoms with Gasteiger partial charge in [-0.2, -0.15) is 12.6 Å². The lowest BCUT2D eigenvalue weighted by atomic mass is 9.99. The van der Waals surface area contributed by atoms with Crippen LogP contribution in [0.2, 0.25) is 0 Å². The Balaban J connectivity index is 1.67. The smallest absolute Gasteiger partial charge is 0.328 e. The molecule has 0 aliphatic carbocycles. The standard InChI is InChI=1S/C28H46N10O8S/c1-15(2)12-19(23(41)33-16(4-3-6-32-27(30)31)22(40)34-17-5-11-46-26(17)44)36-7-9-37(10-8-36)25(43)20(14-47)38-24(42)18(13-21(29)39)35-28(38)45/h15-20,47H,3-14H2,1-2H3,(H2,29,39)(H,33,41)(H,34,40)(H,35,45)(H4,30,31,32)/t16-,17?,18-,19?,20?/m1/s1. The van der Waals surface area contributed by atoms with Crippen molar-refractivity contribution in [1.82, 2.24) is 30.7 Å². The van der Waals surface area contributed by atoms with E-state index < -0.39 is 72.3 Å². The van der Waals surface area contributed by atoms with Crippen LogP contribution in [0.5, 0.6) is 0 Å². The predicted molar refractivity (Wildman–Crippen MR) is 171 cm³/mol. The Bertz CT molecular complexity index is 1240. The molecule has 3 aliphatic rings. The number of ether oxygens (including phenoxy) is 1. The summed E-state index contributed by atoms with van der Waals surface area (Å²) < 4.78 is 4.94. The molecule has 3 saturated heterocycles. The van der Waals surface area contributed by atoms with Gasteiger partial charge in [0.05, 0.1) is 19.1 Å². The molecule has 3 unspecified atom stereocenters. The number of rotatable bonds is 16. The number of cyclic esters (lactones) is 1. The number of hydrogen-bond donors (Lipinski definition) is 7. The largest absolute Gasteiger partial charge is 0.464 e. The van der Waals surface area contributed by atoms with Crippen LogP contribution in [0.4, 0.5) is 4.79 Å². The fourth-order valence-electron chi connectivity index (χ4n) is 5.73. The zero-order chi connectivity index (χ0) is 34.8. The van der Waals surface area contributed by atoms with Gasteiger partial charge in [-0.3, -0.25) is 33.9 Å². The van der Waals surface area contributed by atoms with Crippen molar-refractivity contribution < 1.29 is 38.3 Å². The number of guanidine groups is 1. The fraction of sp³-hybridized carbons (Fsp3) is 0.714. The highest BCUT2D eigenvalue weighted by Gasteiger charge is 2.46. The first kappa shape index (κ1) is 37.3. The van der Waals surface area contributed by atoms with Crippen molar-refractivity contribution in [1.29, 1.82) is 0 Å². The average Bonchev–Trinajstić information content (AvgIpc) is 3.53. The van der Waals surface area contributed by atoms with Crippen molar-refractivity contribution in [3.05, 3.63) is 0 Å². The van der Waals surface area contributed by atoms with Crippen LogP contribution in [0.15, 0.2) is 4.99 Å². The van der Waals surface area contributed by atoms with Crippen molar-refractivity contribution in [2.45, 2.75) is 76.2 Å². The molecule has 262 valence electrons. The summed E-state index contributed by atoms with van der Waals surface area (Å²) in [4.78, 5) is 97.3. The van der Waals surface area contributed by atoms with Crippen molar-refractivity contribution in [2.75, 3.05) is 45.1 Å². The molecule has 0 saturated carbocycles. The molecule has 3 rings (SSSR count). The number of nitrogens with two attached hydrogens (primary N) is 3. The second-order valence-corrected chi connectivity index (χ2v) is 12.5. The van der Waals surface area contributed by atoms with Gasteiger partial charge in [-0.15, -0.1) is 0 Å². The summed E-state index contributed by atoms with van der Waals surface area (Å²) in [7, 11) is 0. The van der Waals surface area contributed by atoms with E-state index in [1.807, 2.05) is 18.7 Å². The quantitative estimate of drug-likeness (QED) is 0.0211. The Morgan fingerprint density at radius 3 is 2.28 bits per heavy atom. The van der Waals surface area contributed by atoms with E-state index in [-0.39, 0.29) is 56.2 Å². The van der Waals surface area contributed by atoms with E-state index in [9.17, 15) is 33.6 Å². The maximum atomic E-state index is 13.8. The molecule has 0 aromatic heterocycles. The van der Waals surface area contributed by atoms with Crippen molar-refractivity contribution in [3.8, 4) is 0 Å². The second-order valence-electron chi connectivity index (χ2n) is 12.1. The van der Waals surface area contributed by atoms with Gasteiger partial charge in [0, 0.05) is 44.9 Å². The number of esters is 1. The number of thiol groups is 1.